The smallest absolute Gasteiger partial charge is 0.168 e. The van der Waals surface area contributed by atoms with Crippen LogP contribution in [0.1, 0.15) is 19.4 Å². The lowest BCUT2D eigenvalue weighted by molar-refractivity contribution is 0.177. The van der Waals surface area contributed by atoms with Gasteiger partial charge in [-0.1, -0.05) is 30.3 Å². The highest BCUT2D eigenvalue weighted by atomic mass is 16.3. The maximum Gasteiger partial charge on any atom is 0.168 e. The van der Waals surface area contributed by atoms with Crippen LogP contribution in [0.2, 0.25) is 0 Å². The Kier molecular flexibility index (Phi) is 6.65. The van der Waals surface area contributed by atoms with Crippen LogP contribution in [0, 0.1) is 0 Å². The van der Waals surface area contributed by atoms with E-state index in [9.17, 15) is 10.2 Å². The molecule has 1 heterocycles. The molecule has 0 radical (unpaired) electrons. The fourth-order valence-corrected chi connectivity index (χ4v) is 2.17. The number of rotatable bonds is 8. The topological polar surface area (TPSA) is 93.9 Å². The molecule has 7 nitrogen and oxygen atoms in total. The minimum atomic E-state index is -0.529. The summed E-state index contributed by atoms with van der Waals surface area (Å²) in [6.07, 6.45) is 0.639. The first kappa shape index (κ1) is 17.8. The first-order chi connectivity index (χ1) is 11.5. The van der Waals surface area contributed by atoms with Crippen molar-refractivity contribution in [2.45, 2.75) is 26.1 Å². The summed E-state index contributed by atoms with van der Waals surface area (Å²) in [5.74, 6) is 1.11. The molecule has 2 aromatic rings. The lowest BCUT2D eigenvalue weighted by atomic mass is 10.2. The SMILES string of the molecule is C[C@H](O)CN(C[C@@H](C)O)c1ccc(N/N=C\c2ccccc2)nn1. The summed E-state index contributed by atoms with van der Waals surface area (Å²) < 4.78 is 0. The molecule has 2 atom stereocenters. The molecule has 0 bridgehead atoms. The molecular formula is C17H23N5O2. The van der Waals surface area contributed by atoms with E-state index >= 15 is 0 Å². The zero-order valence-electron chi connectivity index (χ0n) is 13.9. The Morgan fingerprint density at radius 3 is 2.25 bits per heavy atom. The highest BCUT2D eigenvalue weighted by molar-refractivity contribution is 5.79. The number of aromatic nitrogens is 2. The van der Waals surface area contributed by atoms with E-state index in [1.165, 1.54) is 0 Å². The van der Waals surface area contributed by atoms with Crippen LogP contribution in [0.25, 0.3) is 0 Å². The van der Waals surface area contributed by atoms with Crippen LogP contribution in [-0.2, 0) is 0 Å². The highest BCUT2D eigenvalue weighted by Crippen LogP contribution is 2.13. The second kappa shape index (κ2) is 8.95. The van der Waals surface area contributed by atoms with Gasteiger partial charge in [0.25, 0.3) is 0 Å². The standard InChI is InChI=1S/C17H23N5O2/c1-13(23)11-22(12-14(2)24)17-9-8-16(20-21-17)19-18-10-15-6-4-3-5-7-15/h3-10,13-14,23-24H,11-12H2,1-2H3,(H,19,20)/b18-10-/t13-,14+. The number of nitrogens with one attached hydrogen (secondary N) is 1. The summed E-state index contributed by atoms with van der Waals surface area (Å²) >= 11 is 0. The normalized spacial score (nSPS) is 13.7. The molecule has 24 heavy (non-hydrogen) atoms. The summed E-state index contributed by atoms with van der Waals surface area (Å²) in [5, 5.41) is 31.5. The van der Waals surface area contributed by atoms with Gasteiger partial charge in [0.1, 0.15) is 0 Å². The fraction of sp³-hybridized carbons (Fsp3) is 0.353. The van der Waals surface area contributed by atoms with Crippen LogP contribution in [0.3, 0.4) is 0 Å². The lowest BCUT2D eigenvalue weighted by Crippen LogP contribution is -2.37. The molecule has 1 aromatic heterocycles. The van der Waals surface area contributed by atoms with Crippen molar-refractivity contribution in [2.75, 3.05) is 23.4 Å². The van der Waals surface area contributed by atoms with Gasteiger partial charge in [0, 0.05) is 13.1 Å². The largest absolute Gasteiger partial charge is 0.392 e. The van der Waals surface area contributed by atoms with Crippen molar-refractivity contribution in [1.29, 1.82) is 0 Å². The van der Waals surface area contributed by atoms with Gasteiger partial charge in [0.15, 0.2) is 11.6 Å². The number of nitrogens with zero attached hydrogens (tertiary/aromatic N) is 4. The van der Waals surface area contributed by atoms with E-state index in [0.717, 1.165) is 5.56 Å². The number of benzene rings is 1. The summed E-state index contributed by atoms with van der Waals surface area (Å²) in [4.78, 5) is 1.79. The monoisotopic (exact) mass is 329 g/mol. The highest BCUT2D eigenvalue weighted by Gasteiger charge is 2.13. The molecule has 0 saturated heterocycles. The third-order valence-electron chi connectivity index (χ3n) is 3.14. The molecule has 0 aliphatic heterocycles. The van der Waals surface area contributed by atoms with Gasteiger partial charge >= 0.3 is 0 Å². The van der Waals surface area contributed by atoms with Crippen molar-refractivity contribution in [3.05, 3.63) is 48.0 Å². The van der Waals surface area contributed by atoms with E-state index in [0.29, 0.717) is 24.7 Å². The van der Waals surface area contributed by atoms with Gasteiger partial charge in [-0.25, -0.2) is 0 Å². The molecule has 0 saturated carbocycles. The molecule has 0 spiro atoms. The minimum absolute atomic E-state index is 0.374. The zero-order chi connectivity index (χ0) is 17.4. The first-order valence-electron chi connectivity index (χ1n) is 7.83. The molecule has 0 fully saturated rings. The Bertz CT molecular complexity index is 619. The summed E-state index contributed by atoms with van der Waals surface area (Å²) in [5.41, 5.74) is 3.80. The van der Waals surface area contributed by atoms with E-state index in [2.05, 4.69) is 20.7 Å². The van der Waals surface area contributed by atoms with Gasteiger partial charge in [-0.15, -0.1) is 10.2 Å². The molecule has 0 unspecified atom stereocenters. The predicted molar refractivity (Wildman–Crippen MR) is 95.3 cm³/mol. The number of aliphatic hydroxyl groups excluding tert-OH is 2. The minimum Gasteiger partial charge on any atom is -0.392 e. The van der Waals surface area contributed by atoms with Gasteiger partial charge in [-0.3, -0.25) is 5.43 Å². The third-order valence-corrected chi connectivity index (χ3v) is 3.14. The van der Waals surface area contributed by atoms with E-state index in [1.807, 2.05) is 30.3 Å². The quantitative estimate of drug-likeness (QED) is 0.502. The van der Waals surface area contributed by atoms with Crippen molar-refractivity contribution in [3.63, 3.8) is 0 Å². The molecule has 7 heteroatoms. The Balaban J connectivity index is 1.99. The van der Waals surface area contributed by atoms with E-state index in [1.54, 1.807) is 37.1 Å². The average molecular weight is 329 g/mol. The van der Waals surface area contributed by atoms with Crippen molar-refractivity contribution < 1.29 is 10.2 Å². The van der Waals surface area contributed by atoms with Crippen molar-refractivity contribution in [3.8, 4) is 0 Å². The van der Waals surface area contributed by atoms with Crippen LogP contribution in [0.15, 0.2) is 47.6 Å². The Morgan fingerprint density at radius 1 is 1.04 bits per heavy atom. The van der Waals surface area contributed by atoms with Gasteiger partial charge in [-0.2, -0.15) is 5.10 Å². The van der Waals surface area contributed by atoms with Crippen LogP contribution in [0.4, 0.5) is 11.6 Å². The van der Waals surface area contributed by atoms with Gasteiger partial charge in [-0.05, 0) is 31.5 Å². The Morgan fingerprint density at radius 2 is 1.71 bits per heavy atom. The van der Waals surface area contributed by atoms with E-state index < -0.39 is 12.2 Å². The van der Waals surface area contributed by atoms with Crippen LogP contribution >= 0.6 is 0 Å². The predicted octanol–water partition coefficient (Wildman–Crippen LogP) is 1.49. The third kappa shape index (κ3) is 5.94. The molecule has 0 aliphatic carbocycles. The molecule has 3 N–H and O–H groups in total. The van der Waals surface area contributed by atoms with Gasteiger partial charge in [0.05, 0.1) is 18.4 Å². The fourth-order valence-electron chi connectivity index (χ4n) is 2.17. The lowest BCUT2D eigenvalue weighted by Gasteiger charge is -2.25. The van der Waals surface area contributed by atoms with Gasteiger partial charge < -0.3 is 15.1 Å². The molecule has 128 valence electrons. The van der Waals surface area contributed by atoms with Crippen molar-refractivity contribution >= 4 is 17.9 Å². The van der Waals surface area contributed by atoms with Crippen molar-refractivity contribution in [1.82, 2.24) is 10.2 Å². The maximum absolute atomic E-state index is 9.57. The number of aliphatic hydroxyl groups is 2. The first-order valence-corrected chi connectivity index (χ1v) is 7.83. The summed E-state index contributed by atoms with van der Waals surface area (Å²) in [6, 6.07) is 13.2. The second-order valence-corrected chi connectivity index (χ2v) is 5.66. The molecule has 2 rings (SSSR count). The van der Waals surface area contributed by atoms with Gasteiger partial charge in [0.2, 0.25) is 0 Å². The van der Waals surface area contributed by atoms with Crippen LogP contribution < -0.4 is 10.3 Å². The summed E-state index contributed by atoms with van der Waals surface area (Å²) in [6.45, 7) is 4.13. The second-order valence-electron chi connectivity index (χ2n) is 5.66. The van der Waals surface area contributed by atoms with Crippen LogP contribution in [-0.4, -0.2) is 51.9 Å². The number of hydrogen-bond donors (Lipinski definition) is 3. The molecule has 0 amide bonds. The number of hydrazone groups is 1. The number of anilines is 2. The molecule has 1 aromatic carbocycles. The van der Waals surface area contributed by atoms with Crippen LogP contribution in [0.5, 0.6) is 0 Å². The maximum atomic E-state index is 9.57. The Hall–Kier alpha value is -2.51. The van der Waals surface area contributed by atoms with Crippen molar-refractivity contribution in [2.24, 2.45) is 5.10 Å². The Labute approximate surface area is 141 Å². The van der Waals surface area contributed by atoms with E-state index in [-0.39, 0.29) is 0 Å². The zero-order valence-corrected chi connectivity index (χ0v) is 13.9. The summed E-state index contributed by atoms with van der Waals surface area (Å²) in [7, 11) is 0. The van der Waals surface area contributed by atoms with E-state index in [4.69, 9.17) is 0 Å². The molecular weight excluding hydrogens is 306 g/mol. The average Bonchev–Trinajstić information content (AvgIpc) is 2.55. The molecule has 0 aliphatic rings. The number of hydrogen-bond acceptors (Lipinski definition) is 7.